The van der Waals surface area contributed by atoms with Crippen molar-refractivity contribution in [2.75, 3.05) is 13.6 Å². The van der Waals surface area contributed by atoms with Crippen molar-refractivity contribution in [3.63, 3.8) is 0 Å². The van der Waals surface area contributed by atoms with Crippen LogP contribution < -0.4 is 5.32 Å². The maximum atomic E-state index is 10.5. The van der Waals surface area contributed by atoms with E-state index < -0.39 is 4.92 Å². The molecule has 0 aliphatic heterocycles. The number of hydrogen-bond donors (Lipinski definition) is 1. The number of thiazole rings is 1. The summed E-state index contributed by atoms with van der Waals surface area (Å²) in [5.74, 6) is 0.460. The zero-order valence-corrected chi connectivity index (χ0v) is 11.1. The Morgan fingerprint density at radius 3 is 2.94 bits per heavy atom. The van der Waals surface area contributed by atoms with Gasteiger partial charge >= 0.3 is 0 Å². The molecule has 0 aliphatic carbocycles. The highest BCUT2D eigenvalue weighted by Gasteiger charge is 2.12. The molecule has 0 amide bonds. The van der Waals surface area contributed by atoms with Crippen molar-refractivity contribution in [2.24, 2.45) is 0 Å². The molecule has 94 valence electrons. The second kappa shape index (κ2) is 6.41. The van der Waals surface area contributed by atoms with E-state index in [-0.39, 0.29) is 0 Å². The molecule has 17 heavy (non-hydrogen) atoms. The van der Waals surface area contributed by atoms with Crippen molar-refractivity contribution >= 4 is 22.9 Å². The first kappa shape index (κ1) is 13.7. The maximum absolute atomic E-state index is 10.5. The van der Waals surface area contributed by atoms with E-state index in [9.17, 15) is 10.1 Å². The fourth-order valence-corrected chi connectivity index (χ4v) is 2.31. The van der Waals surface area contributed by atoms with E-state index in [1.807, 2.05) is 11.8 Å². The summed E-state index contributed by atoms with van der Waals surface area (Å²) in [5.41, 5.74) is 0. The third kappa shape index (κ3) is 4.20. The molecule has 0 unspecified atom stereocenters. The number of nitro groups is 1. The first-order valence-electron chi connectivity index (χ1n) is 4.95. The summed E-state index contributed by atoms with van der Waals surface area (Å²) in [6, 6.07) is 0. The highest BCUT2D eigenvalue weighted by molar-refractivity contribution is 7.15. The molecular weight excluding hydrogens is 264 g/mol. The zero-order chi connectivity index (χ0) is 12.8. The number of rotatable bonds is 6. The molecule has 0 spiro atoms. The Kier molecular flexibility index (Phi) is 5.17. The molecular formula is C9H13ClN4O2S. The fourth-order valence-electron chi connectivity index (χ4n) is 1.32. The molecule has 0 saturated carbocycles. The van der Waals surface area contributed by atoms with Crippen LogP contribution in [0, 0.1) is 10.1 Å². The Morgan fingerprint density at radius 2 is 2.53 bits per heavy atom. The second-order valence-corrected chi connectivity index (χ2v) is 4.84. The van der Waals surface area contributed by atoms with Crippen LogP contribution in [0.3, 0.4) is 0 Å². The van der Waals surface area contributed by atoms with E-state index in [2.05, 4.69) is 10.3 Å². The average molecular weight is 277 g/mol. The number of aromatic nitrogens is 1. The van der Waals surface area contributed by atoms with Crippen LogP contribution in [-0.2, 0) is 6.54 Å². The molecule has 0 aliphatic rings. The summed E-state index contributed by atoms with van der Waals surface area (Å²) < 4.78 is 0.473. The normalized spacial score (nSPS) is 11.4. The van der Waals surface area contributed by atoms with Gasteiger partial charge < -0.3 is 10.2 Å². The minimum absolute atomic E-state index is 0.460. The average Bonchev–Trinajstić information content (AvgIpc) is 2.68. The maximum Gasteiger partial charge on any atom is 0.274 e. The van der Waals surface area contributed by atoms with E-state index in [4.69, 9.17) is 11.6 Å². The third-order valence-corrected chi connectivity index (χ3v) is 3.18. The van der Waals surface area contributed by atoms with E-state index in [0.717, 1.165) is 11.1 Å². The number of nitrogens with one attached hydrogen (secondary N) is 1. The molecule has 6 nitrogen and oxygen atoms in total. The Labute approximate surface area is 108 Å². The smallest absolute Gasteiger partial charge is 0.274 e. The minimum atomic E-state index is -0.478. The minimum Gasteiger partial charge on any atom is -0.370 e. The van der Waals surface area contributed by atoms with Gasteiger partial charge in [0.1, 0.15) is 0 Å². The molecule has 0 atom stereocenters. The standard InChI is InChI=1S/C9H13ClN4O2S/c1-3-13(8(11-2)6-14(15)16)5-7-4-12-9(10)17-7/h4,6,11H,3,5H2,1-2H3/b8-6-. The highest BCUT2D eigenvalue weighted by atomic mass is 35.5. The fraction of sp³-hybridized carbons (Fsp3) is 0.444. The van der Waals surface area contributed by atoms with Gasteiger partial charge in [-0.1, -0.05) is 11.6 Å². The summed E-state index contributed by atoms with van der Waals surface area (Å²) in [6.45, 7) is 3.12. The van der Waals surface area contributed by atoms with Gasteiger partial charge in [-0.05, 0) is 6.92 Å². The van der Waals surface area contributed by atoms with Crippen molar-refractivity contribution in [2.45, 2.75) is 13.5 Å². The quantitative estimate of drug-likeness (QED) is 0.635. The first-order chi connectivity index (χ1) is 8.06. The predicted octanol–water partition coefficient (Wildman–Crippen LogP) is 1.91. The zero-order valence-electron chi connectivity index (χ0n) is 9.51. The number of hydrogen-bond acceptors (Lipinski definition) is 6. The lowest BCUT2D eigenvalue weighted by Crippen LogP contribution is -2.29. The third-order valence-electron chi connectivity index (χ3n) is 2.08. The lowest BCUT2D eigenvalue weighted by atomic mass is 10.4. The van der Waals surface area contributed by atoms with Crippen LogP contribution in [0.2, 0.25) is 4.47 Å². The van der Waals surface area contributed by atoms with Gasteiger partial charge in [0, 0.05) is 24.7 Å². The molecule has 0 saturated heterocycles. The van der Waals surface area contributed by atoms with Crippen molar-refractivity contribution in [1.82, 2.24) is 15.2 Å². The van der Waals surface area contributed by atoms with Crippen LogP contribution in [0.1, 0.15) is 11.8 Å². The van der Waals surface area contributed by atoms with Crippen LogP contribution in [0.15, 0.2) is 18.2 Å². The van der Waals surface area contributed by atoms with Gasteiger partial charge in [0.25, 0.3) is 6.20 Å². The Balaban J connectivity index is 2.80. The van der Waals surface area contributed by atoms with Crippen LogP contribution in [-0.4, -0.2) is 28.4 Å². The predicted molar refractivity (Wildman–Crippen MR) is 67.3 cm³/mol. The molecule has 0 bridgehead atoms. The summed E-state index contributed by atoms with van der Waals surface area (Å²) in [6.07, 6.45) is 2.63. The van der Waals surface area contributed by atoms with Crippen molar-refractivity contribution < 1.29 is 4.92 Å². The van der Waals surface area contributed by atoms with Crippen LogP contribution in [0.4, 0.5) is 0 Å². The summed E-state index contributed by atoms with van der Waals surface area (Å²) in [5, 5.41) is 13.3. The van der Waals surface area contributed by atoms with E-state index in [0.29, 0.717) is 23.4 Å². The second-order valence-electron chi connectivity index (χ2n) is 3.14. The van der Waals surface area contributed by atoms with Crippen molar-refractivity contribution in [3.05, 3.63) is 37.7 Å². The molecule has 0 radical (unpaired) electrons. The first-order valence-corrected chi connectivity index (χ1v) is 6.14. The van der Waals surface area contributed by atoms with Gasteiger partial charge in [-0.15, -0.1) is 11.3 Å². The van der Waals surface area contributed by atoms with Crippen molar-refractivity contribution in [3.8, 4) is 0 Å². The monoisotopic (exact) mass is 276 g/mol. The molecule has 0 aromatic carbocycles. The largest absolute Gasteiger partial charge is 0.370 e. The highest BCUT2D eigenvalue weighted by Crippen LogP contribution is 2.20. The van der Waals surface area contributed by atoms with Gasteiger partial charge in [0.05, 0.1) is 11.5 Å². The van der Waals surface area contributed by atoms with Crippen molar-refractivity contribution in [1.29, 1.82) is 0 Å². The van der Waals surface area contributed by atoms with Crippen LogP contribution in [0.5, 0.6) is 0 Å². The molecule has 0 fully saturated rings. The molecule has 1 aromatic heterocycles. The summed E-state index contributed by atoms with van der Waals surface area (Å²) in [4.78, 5) is 16.7. The Hall–Kier alpha value is -1.34. The SMILES string of the molecule is CCN(Cc1cnc(Cl)s1)/C(=C\[N+](=O)[O-])NC. The van der Waals surface area contributed by atoms with Gasteiger partial charge in [-0.3, -0.25) is 10.1 Å². The van der Waals surface area contributed by atoms with Gasteiger partial charge in [-0.2, -0.15) is 0 Å². The molecule has 1 aromatic rings. The van der Waals surface area contributed by atoms with E-state index >= 15 is 0 Å². The molecule has 1 rings (SSSR count). The Morgan fingerprint density at radius 1 is 1.82 bits per heavy atom. The number of nitrogens with zero attached hydrogens (tertiary/aromatic N) is 3. The lowest BCUT2D eigenvalue weighted by Gasteiger charge is -2.22. The van der Waals surface area contributed by atoms with Gasteiger partial charge in [0.15, 0.2) is 10.3 Å². The summed E-state index contributed by atoms with van der Waals surface area (Å²) in [7, 11) is 1.65. The summed E-state index contributed by atoms with van der Waals surface area (Å²) >= 11 is 7.10. The van der Waals surface area contributed by atoms with Crippen LogP contribution >= 0.6 is 22.9 Å². The lowest BCUT2D eigenvalue weighted by molar-refractivity contribution is -0.404. The topological polar surface area (TPSA) is 71.3 Å². The van der Waals surface area contributed by atoms with E-state index in [1.165, 1.54) is 11.3 Å². The Bertz CT molecular complexity index is 421. The van der Waals surface area contributed by atoms with E-state index in [1.54, 1.807) is 13.2 Å². The van der Waals surface area contributed by atoms with Crippen LogP contribution in [0.25, 0.3) is 0 Å². The molecule has 1 heterocycles. The number of halogens is 1. The molecule has 1 N–H and O–H groups in total. The molecule has 8 heteroatoms. The van der Waals surface area contributed by atoms with Gasteiger partial charge in [-0.25, -0.2) is 4.98 Å². The van der Waals surface area contributed by atoms with Gasteiger partial charge in [0.2, 0.25) is 0 Å².